The van der Waals surface area contributed by atoms with E-state index in [1.807, 2.05) is 13.8 Å². The molecule has 0 saturated carbocycles. The van der Waals surface area contributed by atoms with E-state index >= 15 is 0 Å². The number of rotatable bonds is 4. The maximum absolute atomic E-state index is 11.4. The van der Waals surface area contributed by atoms with Crippen molar-refractivity contribution >= 4 is 41.2 Å². The molecule has 1 aromatic carbocycles. The molecule has 20 heavy (non-hydrogen) atoms. The molecule has 1 rings (SSSR count). The van der Waals surface area contributed by atoms with Gasteiger partial charge in [0.05, 0.1) is 16.3 Å². The van der Waals surface area contributed by atoms with Crippen LogP contribution in [0.4, 0.5) is 0 Å². The van der Waals surface area contributed by atoms with Gasteiger partial charge in [-0.2, -0.15) is 5.10 Å². The second-order valence-corrected chi connectivity index (χ2v) is 5.29. The summed E-state index contributed by atoms with van der Waals surface area (Å²) >= 11 is 11.6. The lowest BCUT2D eigenvalue weighted by molar-refractivity contribution is -0.139. The van der Waals surface area contributed by atoms with Gasteiger partial charge in [-0.1, -0.05) is 43.1 Å². The first-order valence-electron chi connectivity index (χ1n) is 5.96. The van der Waals surface area contributed by atoms with Gasteiger partial charge in [-0.3, -0.25) is 9.59 Å². The number of halogens is 2. The molecule has 0 aliphatic carbocycles. The van der Waals surface area contributed by atoms with Gasteiger partial charge in [-0.25, -0.2) is 5.43 Å². The summed E-state index contributed by atoms with van der Waals surface area (Å²) < 4.78 is 0. The van der Waals surface area contributed by atoms with E-state index in [1.54, 1.807) is 18.2 Å². The third-order valence-electron chi connectivity index (χ3n) is 2.20. The van der Waals surface area contributed by atoms with E-state index in [9.17, 15) is 9.59 Å². The number of nitrogens with zero attached hydrogens (tertiary/aromatic N) is 1. The van der Waals surface area contributed by atoms with E-state index < -0.39 is 11.8 Å². The van der Waals surface area contributed by atoms with Crippen LogP contribution >= 0.6 is 23.2 Å². The number of amides is 2. The number of carbonyl (C=O) groups is 2. The van der Waals surface area contributed by atoms with Gasteiger partial charge in [-0.15, -0.1) is 0 Å². The van der Waals surface area contributed by atoms with E-state index in [4.69, 9.17) is 23.2 Å². The first-order chi connectivity index (χ1) is 9.40. The van der Waals surface area contributed by atoms with Crippen molar-refractivity contribution in [3.05, 3.63) is 33.8 Å². The molecule has 0 heterocycles. The molecule has 0 bridgehead atoms. The Hall–Kier alpha value is -1.59. The number of hydrazone groups is 1. The van der Waals surface area contributed by atoms with E-state index in [-0.39, 0.29) is 5.92 Å². The zero-order valence-corrected chi connectivity index (χ0v) is 12.6. The normalized spacial score (nSPS) is 10.8. The van der Waals surface area contributed by atoms with Gasteiger partial charge in [0, 0.05) is 6.54 Å². The quantitative estimate of drug-likeness (QED) is 0.508. The first-order valence-corrected chi connectivity index (χ1v) is 6.72. The highest BCUT2D eigenvalue weighted by Gasteiger charge is 2.11. The van der Waals surface area contributed by atoms with E-state index in [0.717, 1.165) is 0 Å². The highest BCUT2D eigenvalue weighted by molar-refractivity contribution is 6.42. The van der Waals surface area contributed by atoms with Gasteiger partial charge in [0.15, 0.2) is 0 Å². The van der Waals surface area contributed by atoms with Gasteiger partial charge in [0.25, 0.3) is 0 Å². The average Bonchev–Trinajstić information content (AvgIpc) is 2.39. The number of carbonyl (C=O) groups excluding carboxylic acids is 2. The topological polar surface area (TPSA) is 70.6 Å². The monoisotopic (exact) mass is 315 g/mol. The summed E-state index contributed by atoms with van der Waals surface area (Å²) in [7, 11) is 0. The summed E-state index contributed by atoms with van der Waals surface area (Å²) in [5.41, 5.74) is 2.79. The van der Waals surface area contributed by atoms with Crippen LogP contribution in [-0.2, 0) is 9.59 Å². The number of nitrogens with one attached hydrogen (secondary N) is 2. The first kappa shape index (κ1) is 16.5. The van der Waals surface area contributed by atoms with Crippen molar-refractivity contribution in [1.29, 1.82) is 0 Å². The van der Waals surface area contributed by atoms with Crippen LogP contribution in [0.2, 0.25) is 10.0 Å². The Bertz CT molecular complexity index is 530. The lowest BCUT2D eigenvalue weighted by Crippen LogP contribution is -2.39. The lowest BCUT2D eigenvalue weighted by atomic mass is 10.2. The standard InChI is InChI=1S/C13H15Cl2N3O2/c1-8(2)6-16-12(19)13(20)18-17-7-9-3-4-10(14)11(15)5-9/h3-5,7-8H,6H2,1-2H3,(H,16,19)(H,18,20). The fourth-order valence-corrected chi connectivity index (χ4v) is 1.49. The van der Waals surface area contributed by atoms with Crippen LogP contribution in [-0.4, -0.2) is 24.6 Å². The fourth-order valence-electron chi connectivity index (χ4n) is 1.19. The van der Waals surface area contributed by atoms with Crippen molar-refractivity contribution in [1.82, 2.24) is 10.7 Å². The zero-order chi connectivity index (χ0) is 15.1. The van der Waals surface area contributed by atoms with E-state index in [0.29, 0.717) is 22.2 Å². The van der Waals surface area contributed by atoms with Crippen molar-refractivity contribution in [3.63, 3.8) is 0 Å². The molecule has 0 radical (unpaired) electrons. The molecule has 0 aromatic heterocycles. The average molecular weight is 316 g/mol. The van der Waals surface area contributed by atoms with Crippen molar-refractivity contribution in [2.24, 2.45) is 11.0 Å². The molecule has 5 nitrogen and oxygen atoms in total. The fraction of sp³-hybridized carbons (Fsp3) is 0.308. The number of hydrogen-bond acceptors (Lipinski definition) is 3. The Labute approximate surface area is 127 Å². The molecule has 0 atom stereocenters. The predicted molar refractivity (Wildman–Crippen MR) is 80.0 cm³/mol. The molecular weight excluding hydrogens is 301 g/mol. The summed E-state index contributed by atoms with van der Waals surface area (Å²) in [5.74, 6) is -1.27. The SMILES string of the molecule is CC(C)CNC(=O)C(=O)NN=Cc1ccc(Cl)c(Cl)c1. The molecule has 0 spiro atoms. The molecule has 0 aliphatic heterocycles. The largest absolute Gasteiger partial charge is 0.348 e. The van der Waals surface area contributed by atoms with Gasteiger partial charge >= 0.3 is 11.8 Å². The van der Waals surface area contributed by atoms with Gasteiger partial charge in [-0.05, 0) is 23.6 Å². The minimum absolute atomic E-state index is 0.270. The van der Waals surface area contributed by atoms with Crippen LogP contribution in [0, 0.1) is 5.92 Å². The van der Waals surface area contributed by atoms with Crippen LogP contribution in [0.15, 0.2) is 23.3 Å². The van der Waals surface area contributed by atoms with E-state index in [2.05, 4.69) is 15.8 Å². The molecule has 0 fully saturated rings. The van der Waals surface area contributed by atoms with E-state index in [1.165, 1.54) is 6.21 Å². The van der Waals surface area contributed by atoms with Crippen LogP contribution in [0.1, 0.15) is 19.4 Å². The summed E-state index contributed by atoms with van der Waals surface area (Å²) in [4.78, 5) is 22.7. The number of hydrogen-bond donors (Lipinski definition) is 2. The summed E-state index contributed by atoms with van der Waals surface area (Å²) in [6, 6.07) is 4.89. The maximum Gasteiger partial charge on any atom is 0.329 e. The Morgan fingerprint density at radius 2 is 1.95 bits per heavy atom. The van der Waals surface area contributed by atoms with Gasteiger partial charge < -0.3 is 5.32 Å². The van der Waals surface area contributed by atoms with Gasteiger partial charge in [0.2, 0.25) is 0 Å². The molecule has 0 unspecified atom stereocenters. The minimum Gasteiger partial charge on any atom is -0.348 e. The van der Waals surface area contributed by atoms with Crippen LogP contribution in [0.3, 0.4) is 0 Å². The summed E-state index contributed by atoms with van der Waals surface area (Å²) in [6.07, 6.45) is 1.37. The molecule has 7 heteroatoms. The molecule has 2 amide bonds. The maximum atomic E-state index is 11.4. The molecule has 1 aromatic rings. The Morgan fingerprint density at radius 1 is 1.25 bits per heavy atom. The third-order valence-corrected chi connectivity index (χ3v) is 2.94. The van der Waals surface area contributed by atoms with Crippen LogP contribution in [0.25, 0.3) is 0 Å². The molecular formula is C13H15Cl2N3O2. The van der Waals surface area contributed by atoms with Crippen molar-refractivity contribution in [2.75, 3.05) is 6.54 Å². The zero-order valence-electron chi connectivity index (χ0n) is 11.1. The highest BCUT2D eigenvalue weighted by atomic mass is 35.5. The molecule has 2 N–H and O–H groups in total. The van der Waals surface area contributed by atoms with Crippen molar-refractivity contribution < 1.29 is 9.59 Å². The van der Waals surface area contributed by atoms with Crippen molar-refractivity contribution in [2.45, 2.75) is 13.8 Å². The third kappa shape index (κ3) is 5.59. The minimum atomic E-state index is -0.818. The Kier molecular flexibility index (Phi) is 6.48. The Balaban J connectivity index is 2.49. The second-order valence-electron chi connectivity index (χ2n) is 4.48. The molecule has 0 aliphatic rings. The summed E-state index contributed by atoms with van der Waals surface area (Å²) in [5, 5.41) is 6.97. The van der Waals surface area contributed by atoms with Gasteiger partial charge in [0.1, 0.15) is 0 Å². The van der Waals surface area contributed by atoms with Crippen LogP contribution in [0.5, 0.6) is 0 Å². The smallest absolute Gasteiger partial charge is 0.329 e. The summed E-state index contributed by atoms with van der Waals surface area (Å²) in [6.45, 7) is 4.30. The lowest BCUT2D eigenvalue weighted by Gasteiger charge is -2.05. The molecule has 108 valence electrons. The highest BCUT2D eigenvalue weighted by Crippen LogP contribution is 2.21. The van der Waals surface area contributed by atoms with Crippen LogP contribution < -0.4 is 10.7 Å². The number of benzene rings is 1. The second kappa shape index (κ2) is 7.87. The Morgan fingerprint density at radius 3 is 2.55 bits per heavy atom. The predicted octanol–water partition coefficient (Wildman–Crippen LogP) is 2.22. The molecule has 0 saturated heterocycles. The van der Waals surface area contributed by atoms with Crippen molar-refractivity contribution in [3.8, 4) is 0 Å².